The van der Waals surface area contributed by atoms with E-state index in [9.17, 15) is 14.4 Å². The molecule has 2 atom stereocenters. The number of hydrogen-bond acceptors (Lipinski definition) is 10. The van der Waals surface area contributed by atoms with E-state index in [-0.39, 0.29) is 28.9 Å². The highest BCUT2D eigenvalue weighted by Gasteiger charge is 2.30. The van der Waals surface area contributed by atoms with Crippen LogP contribution < -0.4 is 35.6 Å². The van der Waals surface area contributed by atoms with E-state index >= 15 is 0 Å². The van der Waals surface area contributed by atoms with Gasteiger partial charge in [0, 0.05) is 18.9 Å². The number of amides is 2. The van der Waals surface area contributed by atoms with Gasteiger partial charge in [0.15, 0.2) is 11.5 Å². The lowest BCUT2D eigenvalue weighted by molar-refractivity contribution is -0.120. The van der Waals surface area contributed by atoms with Crippen molar-refractivity contribution in [1.82, 2.24) is 20.5 Å². The molecule has 1 fully saturated rings. The standard InChI is InChI=1S/C35H46N6O6S/c1-20(42)36-25-13-11-22-18-29(45-2)32(46-3)33(47-4)31(22)23-12-14-26(28(43)19-24(23)25)37-27(16-17-48-5)34(44)39-35-38-30(40-41-35)15-10-21-8-6-7-9-21/h12,14,18-19,21,25,27H,6-11,13,15-17H2,1-5H3,(H,36,42)(H,37,43)(H2,38,39,40,41,44)/t25-,27+/m1/s1. The second kappa shape index (κ2) is 16.2. The van der Waals surface area contributed by atoms with E-state index in [2.05, 4.69) is 31.1 Å². The lowest BCUT2D eigenvalue weighted by Crippen LogP contribution is -2.36. The van der Waals surface area contributed by atoms with Crippen molar-refractivity contribution < 1.29 is 23.8 Å². The maximum absolute atomic E-state index is 13.9. The molecule has 13 heteroatoms. The van der Waals surface area contributed by atoms with Crippen LogP contribution in [0.4, 0.5) is 11.6 Å². The van der Waals surface area contributed by atoms with Gasteiger partial charge in [0.05, 0.1) is 33.1 Å². The van der Waals surface area contributed by atoms with Crippen LogP contribution in [-0.4, -0.2) is 66.4 Å². The molecular weight excluding hydrogens is 632 g/mol. The summed E-state index contributed by atoms with van der Waals surface area (Å²) in [6, 6.07) is 5.80. The third kappa shape index (κ3) is 8.05. The van der Waals surface area contributed by atoms with Crippen molar-refractivity contribution in [3.05, 3.63) is 51.4 Å². The van der Waals surface area contributed by atoms with Crippen molar-refractivity contribution >= 4 is 35.2 Å². The number of carbonyl (C=O) groups excluding carboxylic acids is 2. The molecule has 2 aromatic carbocycles. The molecule has 258 valence electrons. The summed E-state index contributed by atoms with van der Waals surface area (Å²) in [6.07, 6.45) is 10.5. The van der Waals surface area contributed by atoms with E-state index in [1.807, 2.05) is 18.4 Å². The van der Waals surface area contributed by atoms with Crippen LogP contribution >= 0.6 is 11.8 Å². The normalized spacial score (nSPS) is 16.2. The molecule has 3 aromatic rings. The van der Waals surface area contributed by atoms with Crippen molar-refractivity contribution in [2.45, 2.75) is 76.8 Å². The zero-order valence-corrected chi connectivity index (χ0v) is 29.2. The van der Waals surface area contributed by atoms with Gasteiger partial charge in [-0.15, -0.1) is 5.10 Å². The number of hydrogen-bond donors (Lipinski definition) is 4. The Hall–Kier alpha value is -4.26. The Kier molecular flexibility index (Phi) is 11.9. The maximum atomic E-state index is 13.9. The van der Waals surface area contributed by atoms with Crippen molar-refractivity contribution in [2.24, 2.45) is 5.92 Å². The Labute approximate surface area is 285 Å². The monoisotopic (exact) mass is 678 g/mol. The molecule has 4 N–H and O–H groups in total. The number of thioether (sulfide) groups is 1. The summed E-state index contributed by atoms with van der Waals surface area (Å²) in [5.41, 5.74) is 2.97. The Morgan fingerprint density at radius 1 is 1.06 bits per heavy atom. The van der Waals surface area contributed by atoms with E-state index in [0.29, 0.717) is 53.4 Å². The van der Waals surface area contributed by atoms with Crippen LogP contribution in [0.3, 0.4) is 0 Å². The first kappa shape index (κ1) is 35.1. The summed E-state index contributed by atoms with van der Waals surface area (Å²) in [5, 5.41) is 16.3. The molecule has 2 aliphatic carbocycles. The number of benzene rings is 1. The fourth-order valence-corrected chi connectivity index (χ4v) is 7.29. The summed E-state index contributed by atoms with van der Waals surface area (Å²) in [5.74, 6) is 3.26. The predicted octanol–water partition coefficient (Wildman–Crippen LogP) is 5.28. The number of rotatable bonds is 14. The number of aromatic nitrogens is 3. The number of aryl methyl sites for hydroxylation is 2. The van der Waals surface area contributed by atoms with Gasteiger partial charge in [0.1, 0.15) is 11.9 Å². The quantitative estimate of drug-likeness (QED) is 0.177. The number of methoxy groups -OCH3 is 3. The number of nitrogens with zero attached hydrogens (tertiary/aromatic N) is 2. The summed E-state index contributed by atoms with van der Waals surface area (Å²) < 4.78 is 17.2. The van der Waals surface area contributed by atoms with Crippen molar-refractivity contribution in [3.8, 4) is 28.4 Å². The minimum Gasteiger partial charge on any atom is -0.493 e. The van der Waals surface area contributed by atoms with Gasteiger partial charge in [-0.3, -0.25) is 24.8 Å². The molecule has 0 unspecified atom stereocenters. The lowest BCUT2D eigenvalue weighted by atomic mass is 9.95. The molecule has 5 rings (SSSR count). The second-order valence-corrected chi connectivity index (χ2v) is 13.3. The smallest absolute Gasteiger partial charge is 0.249 e. The highest BCUT2D eigenvalue weighted by Crippen LogP contribution is 2.50. The molecule has 12 nitrogen and oxygen atoms in total. The van der Waals surface area contributed by atoms with E-state index < -0.39 is 12.1 Å². The molecule has 1 aromatic heterocycles. The van der Waals surface area contributed by atoms with Crippen LogP contribution in [0.25, 0.3) is 11.1 Å². The molecule has 0 aliphatic heterocycles. The average Bonchev–Trinajstić information content (AvgIpc) is 3.71. The lowest BCUT2D eigenvalue weighted by Gasteiger charge is -2.19. The predicted molar refractivity (Wildman–Crippen MR) is 188 cm³/mol. The highest BCUT2D eigenvalue weighted by atomic mass is 32.2. The Bertz CT molecular complexity index is 1670. The van der Waals surface area contributed by atoms with Crippen molar-refractivity contribution in [2.75, 3.05) is 44.0 Å². The summed E-state index contributed by atoms with van der Waals surface area (Å²) in [4.78, 5) is 44.3. The van der Waals surface area contributed by atoms with Crippen LogP contribution in [0.1, 0.15) is 74.9 Å². The molecule has 1 heterocycles. The molecule has 0 bridgehead atoms. The summed E-state index contributed by atoms with van der Waals surface area (Å²) in [7, 11) is 4.67. The Balaban J connectivity index is 1.47. The summed E-state index contributed by atoms with van der Waals surface area (Å²) in [6.45, 7) is 1.46. The van der Waals surface area contributed by atoms with Crippen molar-refractivity contribution in [3.63, 3.8) is 0 Å². The van der Waals surface area contributed by atoms with Gasteiger partial charge >= 0.3 is 0 Å². The van der Waals surface area contributed by atoms with E-state index in [0.717, 1.165) is 35.7 Å². The van der Waals surface area contributed by atoms with Gasteiger partial charge in [-0.25, -0.2) is 0 Å². The second-order valence-electron chi connectivity index (χ2n) is 12.4. The fraction of sp³-hybridized carbons (Fsp3) is 0.514. The average molecular weight is 679 g/mol. The van der Waals surface area contributed by atoms with Crippen molar-refractivity contribution in [1.29, 1.82) is 0 Å². The highest BCUT2D eigenvalue weighted by molar-refractivity contribution is 7.98. The van der Waals surface area contributed by atoms with Crippen LogP contribution in [0.15, 0.2) is 29.1 Å². The topological polar surface area (TPSA) is 157 Å². The Morgan fingerprint density at radius 3 is 2.52 bits per heavy atom. The van der Waals surface area contributed by atoms with Gasteiger partial charge in [-0.1, -0.05) is 31.7 Å². The number of carbonyl (C=O) groups is 2. The molecule has 0 spiro atoms. The van der Waals surface area contributed by atoms with Crippen LogP contribution in [0.5, 0.6) is 17.2 Å². The number of aromatic amines is 1. The van der Waals surface area contributed by atoms with Gasteiger partial charge in [-0.2, -0.15) is 16.7 Å². The molecular formula is C35H46N6O6S. The number of ether oxygens (including phenoxy) is 3. The van der Waals surface area contributed by atoms with Crippen LogP contribution in [0, 0.1) is 5.92 Å². The van der Waals surface area contributed by atoms with Gasteiger partial charge < -0.3 is 24.8 Å². The molecule has 2 aliphatic rings. The number of H-pyrrole nitrogens is 1. The van der Waals surface area contributed by atoms with E-state index in [1.165, 1.54) is 32.6 Å². The zero-order valence-electron chi connectivity index (χ0n) is 28.4. The number of nitrogens with one attached hydrogen (secondary N) is 4. The Morgan fingerprint density at radius 2 is 1.83 bits per heavy atom. The van der Waals surface area contributed by atoms with Gasteiger partial charge in [0.25, 0.3) is 0 Å². The first-order valence-electron chi connectivity index (χ1n) is 16.5. The van der Waals surface area contributed by atoms with E-state index in [1.54, 1.807) is 45.2 Å². The van der Waals surface area contributed by atoms with Crippen LogP contribution in [0.2, 0.25) is 0 Å². The number of fused-ring (bicyclic) bond motifs is 3. The fourth-order valence-electron chi connectivity index (χ4n) is 6.82. The third-order valence-electron chi connectivity index (χ3n) is 9.20. The van der Waals surface area contributed by atoms with Crippen LogP contribution in [-0.2, 0) is 22.4 Å². The largest absolute Gasteiger partial charge is 0.493 e. The zero-order chi connectivity index (χ0) is 34.2. The summed E-state index contributed by atoms with van der Waals surface area (Å²) >= 11 is 1.61. The minimum absolute atomic E-state index is 0.209. The maximum Gasteiger partial charge on any atom is 0.249 e. The first-order chi connectivity index (χ1) is 23.3. The molecule has 0 radical (unpaired) electrons. The van der Waals surface area contributed by atoms with Gasteiger partial charge in [-0.05, 0) is 78.5 Å². The minimum atomic E-state index is -0.731. The molecule has 1 saturated carbocycles. The SMILES string of the molecule is COc1cc2c(c(OC)c1OC)-c1ccc(N[C@@H](CCSC)C(=O)Nc3n[nH]c(CCC4CCCC4)n3)c(=O)cc1[C@H](NC(C)=O)CC2. The molecule has 0 saturated heterocycles. The molecule has 48 heavy (non-hydrogen) atoms. The molecule has 2 amide bonds. The number of anilines is 2. The van der Waals surface area contributed by atoms with Gasteiger partial charge in [0.2, 0.25) is 28.9 Å². The first-order valence-corrected chi connectivity index (χ1v) is 17.9. The van der Waals surface area contributed by atoms with E-state index in [4.69, 9.17) is 14.2 Å². The third-order valence-corrected chi connectivity index (χ3v) is 9.85.